The third kappa shape index (κ3) is 2.81. The molecule has 1 fully saturated rings. The highest BCUT2D eigenvalue weighted by Crippen LogP contribution is 2.29. The van der Waals surface area contributed by atoms with E-state index in [0.717, 1.165) is 47.9 Å². The van der Waals surface area contributed by atoms with Crippen molar-refractivity contribution in [2.75, 3.05) is 39.8 Å². The molecule has 0 bridgehead atoms. The number of fused-ring (bicyclic) bond motifs is 3. The molecule has 1 saturated heterocycles. The smallest absolute Gasteiger partial charge is 0.177 e. The first-order valence-corrected chi connectivity index (χ1v) is 8.57. The largest absolute Gasteiger partial charge is 0.304 e. The first-order valence-electron chi connectivity index (χ1n) is 8.57. The number of likely N-dealkylation sites (N-methyl/N-ethyl adjacent to an activating group) is 1. The second-order valence-corrected chi connectivity index (χ2v) is 6.69. The van der Waals surface area contributed by atoms with Crippen molar-refractivity contribution in [3.05, 3.63) is 60.2 Å². The van der Waals surface area contributed by atoms with Crippen molar-refractivity contribution >= 4 is 27.3 Å². The van der Waals surface area contributed by atoms with Crippen LogP contribution in [0.4, 0.5) is 0 Å². The fourth-order valence-corrected chi connectivity index (χ4v) is 3.58. The van der Waals surface area contributed by atoms with Crippen molar-refractivity contribution < 1.29 is 4.79 Å². The number of ketones is 1. The molecule has 3 aromatic carbocycles. The predicted molar refractivity (Wildman–Crippen MR) is 99.7 cm³/mol. The van der Waals surface area contributed by atoms with Crippen LogP contribution in [0.15, 0.2) is 54.6 Å². The maximum atomic E-state index is 13.0. The molecule has 1 aliphatic rings. The van der Waals surface area contributed by atoms with Gasteiger partial charge in [-0.3, -0.25) is 9.69 Å². The number of rotatable bonds is 3. The second kappa shape index (κ2) is 6.34. The van der Waals surface area contributed by atoms with Crippen LogP contribution in [0.5, 0.6) is 0 Å². The van der Waals surface area contributed by atoms with Crippen LogP contribution in [-0.4, -0.2) is 55.4 Å². The normalized spacial score (nSPS) is 16.7. The van der Waals surface area contributed by atoms with Gasteiger partial charge in [-0.1, -0.05) is 48.5 Å². The SMILES string of the molecule is CN1CCN(CC(=O)c2cc3ccccc3c3ccccc23)CC1. The summed E-state index contributed by atoms with van der Waals surface area (Å²) in [5, 5.41) is 4.58. The summed E-state index contributed by atoms with van der Waals surface area (Å²) >= 11 is 0. The molecule has 0 amide bonds. The quantitative estimate of drug-likeness (QED) is 0.546. The zero-order valence-electron chi connectivity index (χ0n) is 14.0. The molecule has 122 valence electrons. The maximum absolute atomic E-state index is 13.0. The van der Waals surface area contributed by atoms with Crippen molar-refractivity contribution in [3.8, 4) is 0 Å². The molecule has 3 heteroatoms. The Morgan fingerprint density at radius 2 is 1.50 bits per heavy atom. The number of nitrogens with zero attached hydrogens (tertiary/aromatic N) is 2. The van der Waals surface area contributed by atoms with Gasteiger partial charge in [0.1, 0.15) is 0 Å². The van der Waals surface area contributed by atoms with Gasteiger partial charge in [-0.05, 0) is 34.7 Å². The van der Waals surface area contributed by atoms with E-state index in [-0.39, 0.29) is 5.78 Å². The summed E-state index contributed by atoms with van der Waals surface area (Å²) in [5.74, 6) is 0.224. The van der Waals surface area contributed by atoms with E-state index in [9.17, 15) is 4.79 Å². The molecule has 0 unspecified atom stereocenters. The van der Waals surface area contributed by atoms with Gasteiger partial charge in [0.15, 0.2) is 5.78 Å². The van der Waals surface area contributed by atoms with Crippen LogP contribution in [0.1, 0.15) is 10.4 Å². The Balaban J connectivity index is 1.73. The Kier molecular flexibility index (Phi) is 4.05. The van der Waals surface area contributed by atoms with Crippen LogP contribution in [-0.2, 0) is 0 Å². The van der Waals surface area contributed by atoms with Gasteiger partial charge in [0, 0.05) is 31.7 Å². The van der Waals surface area contributed by atoms with Crippen LogP contribution < -0.4 is 0 Å². The topological polar surface area (TPSA) is 23.6 Å². The molecule has 0 spiro atoms. The van der Waals surface area contributed by atoms with E-state index < -0.39 is 0 Å². The molecule has 24 heavy (non-hydrogen) atoms. The summed E-state index contributed by atoms with van der Waals surface area (Å²) in [4.78, 5) is 17.6. The van der Waals surface area contributed by atoms with Gasteiger partial charge in [0.25, 0.3) is 0 Å². The molecule has 0 atom stereocenters. The lowest BCUT2D eigenvalue weighted by molar-refractivity contribution is 0.0878. The minimum atomic E-state index is 0.224. The Morgan fingerprint density at radius 3 is 2.25 bits per heavy atom. The van der Waals surface area contributed by atoms with E-state index in [1.807, 2.05) is 18.2 Å². The monoisotopic (exact) mass is 318 g/mol. The molecule has 3 aromatic rings. The number of carbonyl (C=O) groups excluding carboxylic acids is 1. The van der Waals surface area contributed by atoms with Gasteiger partial charge in [-0.2, -0.15) is 0 Å². The van der Waals surface area contributed by atoms with Crippen LogP contribution in [0.2, 0.25) is 0 Å². The van der Waals surface area contributed by atoms with Gasteiger partial charge >= 0.3 is 0 Å². The van der Waals surface area contributed by atoms with Crippen LogP contribution >= 0.6 is 0 Å². The first kappa shape index (κ1) is 15.3. The average molecular weight is 318 g/mol. The lowest BCUT2D eigenvalue weighted by Crippen LogP contribution is -2.46. The second-order valence-electron chi connectivity index (χ2n) is 6.69. The van der Waals surface area contributed by atoms with Gasteiger partial charge in [-0.25, -0.2) is 0 Å². The molecule has 0 aliphatic carbocycles. The molecule has 1 heterocycles. The molecule has 1 aliphatic heterocycles. The number of piperazine rings is 1. The van der Waals surface area contributed by atoms with Gasteiger partial charge in [-0.15, -0.1) is 0 Å². The van der Waals surface area contributed by atoms with E-state index in [1.165, 1.54) is 5.39 Å². The molecular formula is C21H22N2O. The standard InChI is InChI=1S/C21H22N2O/c1-22-10-12-23(13-11-22)15-21(24)20-14-16-6-2-3-7-17(16)18-8-4-5-9-19(18)20/h2-9,14H,10-13,15H2,1H3. The summed E-state index contributed by atoms with van der Waals surface area (Å²) in [7, 11) is 2.13. The maximum Gasteiger partial charge on any atom is 0.177 e. The number of Topliss-reactive ketones (excluding diaryl/α,β-unsaturated/α-hetero) is 1. The summed E-state index contributed by atoms with van der Waals surface area (Å²) in [5.41, 5.74) is 0.850. The summed E-state index contributed by atoms with van der Waals surface area (Å²) in [6.45, 7) is 4.51. The number of hydrogen-bond donors (Lipinski definition) is 0. The molecule has 3 nitrogen and oxygen atoms in total. The highest BCUT2D eigenvalue weighted by molar-refractivity contribution is 6.18. The summed E-state index contributed by atoms with van der Waals surface area (Å²) in [6.07, 6.45) is 0. The zero-order chi connectivity index (χ0) is 16.5. The van der Waals surface area contributed by atoms with Crippen molar-refractivity contribution in [2.24, 2.45) is 0 Å². The molecule has 0 radical (unpaired) electrons. The van der Waals surface area contributed by atoms with E-state index in [4.69, 9.17) is 0 Å². The van der Waals surface area contributed by atoms with Crippen LogP contribution in [0, 0.1) is 0 Å². The highest BCUT2D eigenvalue weighted by atomic mass is 16.1. The van der Waals surface area contributed by atoms with Gasteiger partial charge < -0.3 is 4.90 Å². The summed E-state index contributed by atoms with van der Waals surface area (Å²) in [6, 6.07) is 18.6. The van der Waals surface area contributed by atoms with Gasteiger partial charge in [0.05, 0.1) is 6.54 Å². The first-order chi connectivity index (χ1) is 11.7. The van der Waals surface area contributed by atoms with Crippen molar-refractivity contribution in [1.82, 2.24) is 9.80 Å². The minimum Gasteiger partial charge on any atom is -0.304 e. The van der Waals surface area contributed by atoms with E-state index >= 15 is 0 Å². The van der Waals surface area contributed by atoms with E-state index in [1.54, 1.807) is 0 Å². The molecule has 0 aromatic heterocycles. The number of hydrogen-bond acceptors (Lipinski definition) is 3. The Morgan fingerprint density at radius 1 is 0.875 bits per heavy atom. The third-order valence-electron chi connectivity index (χ3n) is 5.03. The van der Waals surface area contributed by atoms with Crippen molar-refractivity contribution in [2.45, 2.75) is 0 Å². The Hall–Kier alpha value is -2.23. The van der Waals surface area contributed by atoms with E-state index in [0.29, 0.717) is 6.54 Å². The highest BCUT2D eigenvalue weighted by Gasteiger charge is 2.19. The summed E-state index contributed by atoms with van der Waals surface area (Å²) < 4.78 is 0. The number of benzene rings is 3. The fraction of sp³-hybridized carbons (Fsp3) is 0.286. The van der Waals surface area contributed by atoms with E-state index in [2.05, 4.69) is 53.2 Å². The van der Waals surface area contributed by atoms with Crippen LogP contribution in [0.3, 0.4) is 0 Å². The molecule has 0 saturated carbocycles. The van der Waals surface area contributed by atoms with Gasteiger partial charge in [0.2, 0.25) is 0 Å². The minimum absolute atomic E-state index is 0.224. The predicted octanol–water partition coefficient (Wildman–Crippen LogP) is 3.42. The molecular weight excluding hydrogens is 296 g/mol. The Bertz CT molecular complexity index is 895. The Labute approximate surface area is 142 Å². The lowest BCUT2D eigenvalue weighted by atomic mass is 9.95. The lowest BCUT2D eigenvalue weighted by Gasteiger charge is -2.31. The van der Waals surface area contributed by atoms with Crippen LogP contribution in [0.25, 0.3) is 21.5 Å². The van der Waals surface area contributed by atoms with Crippen molar-refractivity contribution in [1.29, 1.82) is 0 Å². The number of carbonyl (C=O) groups is 1. The third-order valence-corrected chi connectivity index (χ3v) is 5.03. The van der Waals surface area contributed by atoms with Crippen molar-refractivity contribution in [3.63, 3.8) is 0 Å². The zero-order valence-corrected chi connectivity index (χ0v) is 14.0. The fourth-order valence-electron chi connectivity index (χ4n) is 3.58. The molecule has 4 rings (SSSR count). The molecule has 0 N–H and O–H groups in total. The average Bonchev–Trinajstić information content (AvgIpc) is 2.63.